The lowest BCUT2D eigenvalue weighted by Gasteiger charge is -2.16. The molecule has 0 aliphatic carbocycles. The lowest BCUT2D eigenvalue weighted by Crippen LogP contribution is -2.14. The first-order valence-electron chi connectivity index (χ1n) is 13.2. The van der Waals surface area contributed by atoms with Crippen molar-refractivity contribution >= 4 is 78.5 Å². The Balaban J connectivity index is 1.34. The number of carbonyl (C=O) groups excluding carboxylic acids is 1. The molecule has 43 heavy (non-hydrogen) atoms. The molecule has 0 atom stereocenters. The molecular weight excluding hydrogens is 679 g/mol. The minimum absolute atomic E-state index is 0.293. The van der Waals surface area contributed by atoms with Gasteiger partial charge in [-0.1, -0.05) is 24.3 Å². The second kappa shape index (κ2) is 12.1. The molecule has 3 aromatic heterocycles. The lowest BCUT2D eigenvalue weighted by molar-refractivity contribution is 0.102. The summed E-state index contributed by atoms with van der Waals surface area (Å²) in [6, 6.07) is 17.7. The van der Waals surface area contributed by atoms with E-state index in [9.17, 15) is 4.79 Å². The number of benzene rings is 3. The summed E-state index contributed by atoms with van der Waals surface area (Å²) in [4.78, 5) is 27.5. The zero-order valence-corrected chi connectivity index (χ0v) is 26.7. The number of anilines is 3. The number of hydrogen-bond acceptors (Lipinski definition) is 9. The zero-order valence-electron chi connectivity index (χ0n) is 23.8. The minimum atomic E-state index is -0.293. The number of carbonyl (C=O) groups is 1. The molecule has 0 fully saturated rings. The second-order valence-electron chi connectivity index (χ2n) is 9.58. The van der Waals surface area contributed by atoms with Gasteiger partial charge in [0.05, 0.1) is 63.9 Å². The number of amides is 1. The Hall–Kier alpha value is -4.43. The van der Waals surface area contributed by atoms with E-state index in [2.05, 4.69) is 47.8 Å². The van der Waals surface area contributed by atoms with Crippen molar-refractivity contribution in [1.82, 2.24) is 19.5 Å². The van der Waals surface area contributed by atoms with E-state index in [1.54, 1.807) is 32.8 Å². The normalized spacial score (nSPS) is 11.1. The maximum Gasteiger partial charge on any atom is 0.258 e. The van der Waals surface area contributed by atoms with Gasteiger partial charge >= 0.3 is 0 Å². The van der Waals surface area contributed by atoms with Gasteiger partial charge in [0, 0.05) is 17.0 Å². The topological polar surface area (TPSA) is 112 Å². The summed E-state index contributed by atoms with van der Waals surface area (Å²) in [5.41, 5.74) is 5.34. The quantitative estimate of drug-likeness (QED) is 0.154. The van der Waals surface area contributed by atoms with Crippen molar-refractivity contribution in [1.29, 1.82) is 0 Å². The van der Waals surface area contributed by atoms with E-state index in [-0.39, 0.29) is 5.91 Å². The van der Waals surface area contributed by atoms with Crippen LogP contribution in [0.25, 0.3) is 21.3 Å². The molecule has 3 heterocycles. The van der Waals surface area contributed by atoms with Gasteiger partial charge in [0.15, 0.2) is 5.82 Å². The summed E-state index contributed by atoms with van der Waals surface area (Å²) in [6.07, 6.45) is 1.45. The van der Waals surface area contributed by atoms with Gasteiger partial charge in [-0.15, -0.1) is 11.3 Å². The van der Waals surface area contributed by atoms with Crippen LogP contribution in [-0.4, -0.2) is 46.8 Å². The van der Waals surface area contributed by atoms with Crippen LogP contribution < -0.4 is 24.8 Å². The highest BCUT2D eigenvalue weighted by atomic mass is 127. The molecule has 0 radical (unpaired) electrons. The van der Waals surface area contributed by atoms with E-state index in [1.807, 2.05) is 55.5 Å². The molecule has 3 aromatic carbocycles. The van der Waals surface area contributed by atoms with Crippen molar-refractivity contribution in [2.75, 3.05) is 32.0 Å². The molecule has 0 spiro atoms. The number of thiophene rings is 1. The number of hydrogen-bond donors (Lipinski definition) is 2. The number of methoxy groups -OCH3 is 3. The van der Waals surface area contributed by atoms with Gasteiger partial charge in [-0.2, -0.15) is 0 Å². The van der Waals surface area contributed by atoms with Crippen LogP contribution in [0.1, 0.15) is 21.5 Å². The predicted octanol–water partition coefficient (Wildman–Crippen LogP) is 7.02. The smallest absolute Gasteiger partial charge is 0.258 e. The summed E-state index contributed by atoms with van der Waals surface area (Å²) in [7, 11) is 4.82. The van der Waals surface area contributed by atoms with Crippen molar-refractivity contribution in [3.63, 3.8) is 0 Å². The Morgan fingerprint density at radius 1 is 1.00 bits per heavy atom. The minimum Gasteiger partial charge on any atom is -0.497 e. The molecule has 1 amide bonds. The van der Waals surface area contributed by atoms with Crippen molar-refractivity contribution in [2.24, 2.45) is 0 Å². The third-order valence-corrected chi connectivity index (χ3v) is 9.15. The summed E-state index contributed by atoms with van der Waals surface area (Å²) in [5, 5.41) is 8.26. The molecule has 10 nitrogen and oxygen atoms in total. The number of aromatic nitrogens is 4. The van der Waals surface area contributed by atoms with E-state index in [4.69, 9.17) is 19.2 Å². The van der Waals surface area contributed by atoms with Gasteiger partial charge < -0.3 is 29.4 Å². The Kier molecular flexibility index (Phi) is 8.04. The number of imidazole rings is 1. The van der Waals surface area contributed by atoms with Crippen molar-refractivity contribution < 1.29 is 19.0 Å². The molecule has 6 rings (SSSR count). The first-order valence-corrected chi connectivity index (χ1v) is 15.2. The molecular formula is C31H27IN6O4S. The van der Waals surface area contributed by atoms with Gasteiger partial charge in [-0.3, -0.25) is 4.79 Å². The van der Waals surface area contributed by atoms with Crippen LogP contribution in [0, 0.1) is 10.5 Å². The van der Waals surface area contributed by atoms with Crippen LogP contribution in [0.2, 0.25) is 0 Å². The fourth-order valence-corrected chi connectivity index (χ4v) is 6.70. The molecule has 12 heteroatoms. The number of halogens is 1. The molecule has 0 aliphatic heterocycles. The SMILES string of the molecule is COc1ccc(Cn2c(Nc3ncnc4c(C(=O)Nc5c(C)c(OC)cc(OC)c5I)csc34)nc3ccccc32)cc1. The Labute approximate surface area is 265 Å². The average molecular weight is 707 g/mol. The van der Waals surface area contributed by atoms with Gasteiger partial charge in [0.2, 0.25) is 5.95 Å². The number of rotatable bonds is 9. The van der Waals surface area contributed by atoms with Gasteiger partial charge in [0.1, 0.15) is 23.6 Å². The predicted molar refractivity (Wildman–Crippen MR) is 177 cm³/mol. The molecule has 218 valence electrons. The fourth-order valence-electron chi connectivity index (χ4n) is 4.84. The summed E-state index contributed by atoms with van der Waals surface area (Å²) >= 11 is 3.56. The third-order valence-electron chi connectivity index (χ3n) is 7.10. The van der Waals surface area contributed by atoms with Crippen LogP contribution in [0.5, 0.6) is 17.2 Å². The van der Waals surface area contributed by atoms with E-state index in [0.29, 0.717) is 46.6 Å². The van der Waals surface area contributed by atoms with Crippen LogP contribution in [0.4, 0.5) is 17.5 Å². The fraction of sp³-hybridized carbons (Fsp3) is 0.161. The monoisotopic (exact) mass is 706 g/mol. The second-order valence-corrected chi connectivity index (χ2v) is 11.5. The van der Waals surface area contributed by atoms with Crippen LogP contribution in [-0.2, 0) is 6.54 Å². The Morgan fingerprint density at radius 2 is 1.77 bits per heavy atom. The molecule has 2 N–H and O–H groups in total. The highest BCUT2D eigenvalue weighted by molar-refractivity contribution is 14.1. The van der Waals surface area contributed by atoms with E-state index in [1.165, 1.54) is 17.7 Å². The van der Waals surface area contributed by atoms with Gasteiger partial charge in [-0.05, 0) is 59.3 Å². The zero-order chi connectivity index (χ0) is 30.1. The first-order chi connectivity index (χ1) is 20.9. The molecule has 0 aliphatic rings. The Morgan fingerprint density at radius 3 is 2.51 bits per heavy atom. The number of fused-ring (bicyclic) bond motifs is 2. The van der Waals surface area contributed by atoms with Gasteiger partial charge in [0.25, 0.3) is 5.91 Å². The highest BCUT2D eigenvalue weighted by Crippen LogP contribution is 2.39. The number of nitrogens with one attached hydrogen (secondary N) is 2. The van der Waals surface area contributed by atoms with Crippen molar-refractivity contribution in [3.8, 4) is 17.2 Å². The number of nitrogens with zero attached hydrogens (tertiary/aromatic N) is 4. The lowest BCUT2D eigenvalue weighted by atomic mass is 10.1. The van der Waals surface area contributed by atoms with Crippen LogP contribution >= 0.6 is 33.9 Å². The summed E-state index contributed by atoms with van der Waals surface area (Å²) in [6.45, 7) is 2.48. The van der Waals surface area contributed by atoms with Crippen molar-refractivity contribution in [2.45, 2.75) is 13.5 Å². The maximum atomic E-state index is 13.6. The number of ether oxygens (including phenoxy) is 3. The molecule has 0 saturated carbocycles. The highest BCUT2D eigenvalue weighted by Gasteiger charge is 2.22. The average Bonchev–Trinajstić information content (AvgIpc) is 3.62. The summed E-state index contributed by atoms with van der Waals surface area (Å²) in [5.74, 6) is 2.93. The largest absolute Gasteiger partial charge is 0.497 e. The maximum absolute atomic E-state index is 13.6. The van der Waals surface area contributed by atoms with Gasteiger partial charge in [-0.25, -0.2) is 15.0 Å². The molecule has 6 aromatic rings. The third kappa shape index (κ3) is 5.43. The van der Waals surface area contributed by atoms with Crippen LogP contribution in [0.15, 0.2) is 66.3 Å². The number of para-hydroxylation sites is 2. The first kappa shape index (κ1) is 28.7. The standard InChI is InChI=1S/C31H27IN6O4S/c1-17-23(41-3)13-24(42-4)25(32)26(17)36-30(39)20-15-43-28-27(20)33-16-34-29(28)37-31-35-21-7-5-6-8-22(21)38(31)14-18-9-11-19(40-2)12-10-18/h5-13,15-16H,14H2,1-4H3,(H,36,39)(H,33,34,35,37). The molecule has 0 unspecified atom stereocenters. The molecule has 0 bridgehead atoms. The van der Waals surface area contributed by atoms with E-state index >= 15 is 0 Å². The van der Waals surface area contributed by atoms with E-state index < -0.39 is 0 Å². The van der Waals surface area contributed by atoms with Crippen LogP contribution in [0.3, 0.4) is 0 Å². The van der Waals surface area contributed by atoms with E-state index in [0.717, 1.165) is 36.2 Å². The molecule has 0 saturated heterocycles. The van der Waals surface area contributed by atoms with Crippen molar-refractivity contribution in [3.05, 3.63) is 86.6 Å². The Bertz CT molecular complexity index is 1940. The summed E-state index contributed by atoms with van der Waals surface area (Å²) < 4.78 is 19.9.